The monoisotopic (exact) mass is 331 g/mol. The fourth-order valence-electron chi connectivity index (χ4n) is 1.93. The van der Waals surface area contributed by atoms with Crippen LogP contribution >= 0.6 is 0 Å². The van der Waals surface area contributed by atoms with E-state index in [-0.39, 0.29) is 11.1 Å². The second kappa shape index (κ2) is 6.84. The van der Waals surface area contributed by atoms with Gasteiger partial charge in [-0.1, -0.05) is 18.2 Å². The van der Waals surface area contributed by atoms with Crippen molar-refractivity contribution >= 4 is 5.69 Å². The number of anilines is 1. The summed E-state index contributed by atoms with van der Waals surface area (Å²) in [5.74, 6) is -1.32. The van der Waals surface area contributed by atoms with Crippen molar-refractivity contribution in [3.05, 3.63) is 65.6 Å². The number of nitriles is 2. The molecule has 1 N–H and O–H groups in total. The van der Waals surface area contributed by atoms with E-state index in [4.69, 9.17) is 10.5 Å². The first kappa shape index (κ1) is 17.0. The van der Waals surface area contributed by atoms with E-state index < -0.39 is 17.6 Å². The van der Waals surface area contributed by atoms with Crippen LogP contribution in [0.5, 0.6) is 0 Å². The van der Waals surface area contributed by atoms with Crippen LogP contribution < -0.4 is 5.32 Å². The highest BCUT2D eigenvalue weighted by atomic mass is 19.4. The van der Waals surface area contributed by atoms with Crippen molar-refractivity contribution in [2.75, 3.05) is 5.32 Å². The highest BCUT2D eigenvalue weighted by Crippen LogP contribution is 2.34. The number of hydrogen-bond acceptors (Lipinski definition) is 3. The Bertz CT molecular complexity index is 837. The first-order valence-corrected chi connectivity index (χ1v) is 6.59. The van der Waals surface area contributed by atoms with Crippen LogP contribution in [-0.4, -0.2) is 0 Å². The van der Waals surface area contributed by atoms with Gasteiger partial charge >= 0.3 is 6.18 Å². The largest absolute Gasteiger partial charge is 0.419 e. The number of nitrogens with zero attached hydrogens (tertiary/aromatic N) is 2. The van der Waals surface area contributed by atoms with Crippen molar-refractivity contribution < 1.29 is 17.6 Å². The minimum Gasteiger partial charge on any atom is -0.360 e. The average Bonchev–Trinajstić information content (AvgIpc) is 2.56. The normalized spacial score (nSPS) is 10.4. The van der Waals surface area contributed by atoms with Crippen molar-refractivity contribution in [1.82, 2.24) is 0 Å². The lowest BCUT2D eigenvalue weighted by atomic mass is 10.0. The fraction of sp³-hybridized carbons (Fsp3) is 0.0588. The van der Waals surface area contributed by atoms with Crippen molar-refractivity contribution in [3.8, 4) is 23.3 Å². The summed E-state index contributed by atoms with van der Waals surface area (Å²) in [6, 6.07) is 12.4. The summed E-state index contributed by atoms with van der Waals surface area (Å²) in [6.45, 7) is 0. The molecule has 0 fully saturated rings. The number of halogens is 4. The van der Waals surface area contributed by atoms with E-state index >= 15 is 0 Å². The molecular weight excluding hydrogens is 322 g/mol. The van der Waals surface area contributed by atoms with Gasteiger partial charge in [0.2, 0.25) is 0 Å². The molecule has 7 heteroatoms. The zero-order valence-electron chi connectivity index (χ0n) is 12.0. The number of rotatable bonds is 3. The highest BCUT2D eigenvalue weighted by molar-refractivity contribution is 5.67. The van der Waals surface area contributed by atoms with Gasteiger partial charge < -0.3 is 5.32 Å². The second-order valence-electron chi connectivity index (χ2n) is 4.70. The molecule has 0 spiro atoms. The van der Waals surface area contributed by atoms with E-state index in [1.807, 2.05) is 0 Å². The van der Waals surface area contributed by atoms with Gasteiger partial charge in [0.25, 0.3) is 0 Å². The number of benzene rings is 2. The van der Waals surface area contributed by atoms with Crippen LogP contribution in [0.3, 0.4) is 0 Å². The topological polar surface area (TPSA) is 59.6 Å². The van der Waals surface area contributed by atoms with Gasteiger partial charge in [-0.3, -0.25) is 0 Å². The number of hydrogen-bond donors (Lipinski definition) is 1. The van der Waals surface area contributed by atoms with Crippen LogP contribution in [0.1, 0.15) is 5.56 Å². The number of nitrogens with one attached hydrogen (secondary N) is 1. The third-order valence-corrected chi connectivity index (χ3v) is 3.11. The van der Waals surface area contributed by atoms with Crippen LogP contribution in [0.4, 0.5) is 23.2 Å². The average molecular weight is 331 g/mol. The van der Waals surface area contributed by atoms with Crippen LogP contribution in [0.25, 0.3) is 11.1 Å². The lowest BCUT2D eigenvalue weighted by Crippen LogP contribution is -2.08. The Morgan fingerprint density at radius 3 is 2.08 bits per heavy atom. The van der Waals surface area contributed by atoms with Gasteiger partial charge in [-0.25, -0.2) is 4.39 Å². The molecule has 0 unspecified atom stereocenters. The Labute approximate surface area is 135 Å². The number of allylic oxidation sites excluding steroid dienone is 1. The maximum atomic E-state index is 13.3. The Morgan fingerprint density at radius 2 is 1.54 bits per heavy atom. The van der Waals surface area contributed by atoms with Crippen molar-refractivity contribution in [2.45, 2.75) is 6.18 Å². The van der Waals surface area contributed by atoms with Gasteiger partial charge in [-0.05, 0) is 35.4 Å². The summed E-state index contributed by atoms with van der Waals surface area (Å²) in [6.07, 6.45) is -3.55. The van der Waals surface area contributed by atoms with Crippen LogP contribution in [0.15, 0.2) is 54.2 Å². The zero-order valence-corrected chi connectivity index (χ0v) is 12.0. The van der Waals surface area contributed by atoms with E-state index in [1.165, 1.54) is 12.3 Å². The van der Waals surface area contributed by atoms with Gasteiger partial charge in [-0.15, -0.1) is 0 Å². The maximum Gasteiger partial charge on any atom is 0.419 e. The van der Waals surface area contributed by atoms with Gasteiger partial charge in [0.05, 0.1) is 5.56 Å². The lowest BCUT2D eigenvalue weighted by molar-refractivity contribution is -0.139. The number of alkyl halides is 3. The molecule has 0 aromatic heterocycles. The SMILES string of the molecule is N#CC(C#N)=CNc1ccc(-c2ccc(F)c(C(F)(F)F)c2)cc1. The molecule has 120 valence electrons. The molecule has 0 aliphatic carbocycles. The maximum absolute atomic E-state index is 13.3. The Balaban J connectivity index is 2.28. The van der Waals surface area contributed by atoms with Crippen LogP contribution in [0, 0.1) is 28.5 Å². The summed E-state index contributed by atoms with van der Waals surface area (Å²) < 4.78 is 51.5. The standard InChI is InChI=1S/C17H9F4N3/c18-16-6-3-13(7-15(16)17(19,20)21)12-1-4-14(5-2-12)24-10-11(8-22)9-23/h1-7,10,24H. The van der Waals surface area contributed by atoms with Crippen LogP contribution in [-0.2, 0) is 6.18 Å². The van der Waals surface area contributed by atoms with E-state index in [2.05, 4.69) is 5.32 Å². The van der Waals surface area contributed by atoms with E-state index in [9.17, 15) is 17.6 Å². The molecule has 0 amide bonds. The molecular formula is C17H9F4N3. The quantitative estimate of drug-likeness (QED) is 0.646. The fourth-order valence-corrected chi connectivity index (χ4v) is 1.93. The Hall–Kier alpha value is -3.32. The predicted octanol–water partition coefficient (Wildman–Crippen LogP) is 4.85. The van der Waals surface area contributed by atoms with Gasteiger partial charge in [0, 0.05) is 11.9 Å². The lowest BCUT2D eigenvalue weighted by Gasteiger charge is -2.10. The van der Waals surface area contributed by atoms with E-state index in [1.54, 1.807) is 36.4 Å². The van der Waals surface area contributed by atoms with E-state index in [0.717, 1.165) is 12.1 Å². The van der Waals surface area contributed by atoms with Crippen molar-refractivity contribution in [1.29, 1.82) is 10.5 Å². The molecule has 2 aromatic carbocycles. The molecule has 0 saturated heterocycles. The summed E-state index contributed by atoms with van der Waals surface area (Å²) in [5.41, 5.74) is -0.207. The van der Waals surface area contributed by atoms with Crippen LogP contribution in [0.2, 0.25) is 0 Å². The molecule has 0 saturated carbocycles. The third kappa shape index (κ3) is 3.90. The molecule has 2 aromatic rings. The summed E-state index contributed by atoms with van der Waals surface area (Å²) in [7, 11) is 0. The minimum atomic E-state index is -4.77. The first-order valence-electron chi connectivity index (χ1n) is 6.59. The van der Waals surface area contributed by atoms with Crippen molar-refractivity contribution in [2.24, 2.45) is 0 Å². The van der Waals surface area contributed by atoms with Gasteiger partial charge in [0.15, 0.2) is 0 Å². The molecule has 0 aliphatic rings. The summed E-state index contributed by atoms with van der Waals surface area (Å²) in [4.78, 5) is 0. The molecule has 0 heterocycles. The Morgan fingerprint density at radius 1 is 0.958 bits per heavy atom. The second-order valence-corrected chi connectivity index (χ2v) is 4.70. The summed E-state index contributed by atoms with van der Waals surface area (Å²) >= 11 is 0. The molecule has 0 radical (unpaired) electrons. The van der Waals surface area contributed by atoms with Gasteiger partial charge in [-0.2, -0.15) is 23.7 Å². The molecule has 0 bridgehead atoms. The smallest absolute Gasteiger partial charge is 0.360 e. The predicted molar refractivity (Wildman–Crippen MR) is 79.8 cm³/mol. The molecule has 3 nitrogen and oxygen atoms in total. The van der Waals surface area contributed by atoms with E-state index in [0.29, 0.717) is 11.3 Å². The Kier molecular flexibility index (Phi) is 4.86. The first-order chi connectivity index (χ1) is 11.3. The molecule has 2 rings (SSSR count). The molecule has 24 heavy (non-hydrogen) atoms. The third-order valence-electron chi connectivity index (χ3n) is 3.11. The minimum absolute atomic E-state index is 0.118. The zero-order chi connectivity index (χ0) is 17.7. The molecule has 0 aliphatic heterocycles. The highest BCUT2D eigenvalue weighted by Gasteiger charge is 2.34. The molecule has 0 atom stereocenters. The van der Waals surface area contributed by atoms with Crippen molar-refractivity contribution in [3.63, 3.8) is 0 Å². The summed E-state index contributed by atoms with van der Waals surface area (Å²) in [5, 5.41) is 19.9. The van der Waals surface area contributed by atoms with Gasteiger partial charge in [0.1, 0.15) is 23.5 Å².